The van der Waals surface area contributed by atoms with Gasteiger partial charge in [0.2, 0.25) is 0 Å². The maximum Gasteiger partial charge on any atom is 0.306 e. The third kappa shape index (κ3) is 1.91. The summed E-state index contributed by atoms with van der Waals surface area (Å²) in [6.45, 7) is 1.73. The molecule has 0 saturated carbocycles. The Labute approximate surface area is 88.5 Å². The van der Waals surface area contributed by atoms with Crippen molar-refractivity contribution >= 4 is 17.9 Å². The van der Waals surface area contributed by atoms with Crippen LogP contribution in [-0.4, -0.2) is 17.3 Å². The van der Waals surface area contributed by atoms with E-state index in [0.29, 0.717) is 6.42 Å². The van der Waals surface area contributed by atoms with Crippen molar-refractivity contribution in [3.63, 3.8) is 0 Å². The Kier molecular flexibility index (Phi) is 2.54. The molecule has 0 saturated heterocycles. The van der Waals surface area contributed by atoms with Crippen LogP contribution in [0.3, 0.4) is 0 Å². The van der Waals surface area contributed by atoms with E-state index in [0.717, 1.165) is 11.3 Å². The van der Waals surface area contributed by atoms with E-state index >= 15 is 0 Å². The lowest BCUT2D eigenvalue weighted by Crippen LogP contribution is -2.13. The van der Waals surface area contributed by atoms with E-state index in [4.69, 9.17) is 5.11 Å². The third-order valence-electron chi connectivity index (χ3n) is 2.76. The van der Waals surface area contributed by atoms with Gasteiger partial charge in [-0.3, -0.25) is 9.79 Å². The topological polar surface area (TPSA) is 49.7 Å². The summed E-state index contributed by atoms with van der Waals surface area (Å²) in [5.74, 6) is -0.910. The number of hydrogen-bond donors (Lipinski definition) is 1. The van der Waals surface area contributed by atoms with E-state index < -0.39 is 5.97 Å². The van der Waals surface area contributed by atoms with Gasteiger partial charge in [0.25, 0.3) is 0 Å². The van der Waals surface area contributed by atoms with Crippen LogP contribution in [-0.2, 0) is 4.79 Å². The first-order valence-electron chi connectivity index (χ1n) is 5.04. The Bertz CT molecular complexity index is 412. The minimum absolute atomic E-state index is 0.160. The molecule has 3 nitrogen and oxygen atoms in total. The number of nitrogens with zero attached hydrogens (tertiary/aromatic N) is 1. The smallest absolute Gasteiger partial charge is 0.306 e. The summed E-state index contributed by atoms with van der Waals surface area (Å²) < 4.78 is 0. The number of aliphatic carboxylic acids is 1. The molecule has 1 aliphatic rings. The normalized spacial score (nSPS) is 19.9. The van der Waals surface area contributed by atoms with Crippen LogP contribution in [0.2, 0.25) is 0 Å². The molecule has 1 N–H and O–H groups in total. The highest BCUT2D eigenvalue weighted by Gasteiger charge is 2.23. The van der Waals surface area contributed by atoms with Crippen LogP contribution >= 0.6 is 0 Å². The Morgan fingerprint density at radius 3 is 3.00 bits per heavy atom. The predicted octanol–water partition coefficient (Wildman–Crippen LogP) is 2.60. The van der Waals surface area contributed by atoms with Crippen molar-refractivity contribution in [1.82, 2.24) is 0 Å². The molecule has 1 heterocycles. The molecule has 0 fully saturated rings. The second kappa shape index (κ2) is 3.85. The molecule has 0 amide bonds. The second-order valence-electron chi connectivity index (χ2n) is 3.92. The van der Waals surface area contributed by atoms with E-state index in [9.17, 15) is 4.79 Å². The zero-order valence-electron chi connectivity index (χ0n) is 8.55. The van der Waals surface area contributed by atoms with Crippen LogP contribution in [0.4, 0.5) is 5.69 Å². The highest BCUT2D eigenvalue weighted by molar-refractivity contribution is 5.81. The standard InChI is InChI=1S/C12H13NO2/c1-8(12(14)15)6-9-7-13-11-5-3-2-4-10(9)11/h2-5,7-9H,6H2,1H3,(H,14,15). The lowest BCUT2D eigenvalue weighted by Gasteiger charge is -2.11. The molecule has 1 aromatic rings. The van der Waals surface area contributed by atoms with Crippen LogP contribution in [0.1, 0.15) is 24.8 Å². The van der Waals surface area contributed by atoms with Gasteiger partial charge >= 0.3 is 5.97 Å². The number of rotatable bonds is 3. The van der Waals surface area contributed by atoms with Gasteiger partial charge in [0.1, 0.15) is 0 Å². The molecule has 2 rings (SSSR count). The number of aliphatic imine (C=N–C) groups is 1. The van der Waals surface area contributed by atoms with Gasteiger partial charge in [-0.25, -0.2) is 0 Å². The molecule has 2 atom stereocenters. The van der Waals surface area contributed by atoms with Gasteiger partial charge in [-0.1, -0.05) is 25.1 Å². The van der Waals surface area contributed by atoms with Crippen LogP contribution in [0.5, 0.6) is 0 Å². The third-order valence-corrected chi connectivity index (χ3v) is 2.76. The number of fused-ring (bicyclic) bond motifs is 1. The zero-order valence-corrected chi connectivity index (χ0v) is 8.55. The molecule has 0 aliphatic carbocycles. The van der Waals surface area contributed by atoms with E-state index in [1.54, 1.807) is 6.92 Å². The van der Waals surface area contributed by atoms with Gasteiger partial charge in [-0.15, -0.1) is 0 Å². The summed E-state index contributed by atoms with van der Waals surface area (Å²) in [6, 6.07) is 7.88. The molecule has 0 radical (unpaired) electrons. The average molecular weight is 203 g/mol. The Balaban J connectivity index is 2.15. The highest BCUT2D eigenvalue weighted by Crippen LogP contribution is 2.35. The lowest BCUT2D eigenvalue weighted by atomic mass is 9.91. The maximum atomic E-state index is 10.8. The van der Waals surface area contributed by atoms with E-state index in [1.807, 2.05) is 30.5 Å². The number of hydrogen-bond acceptors (Lipinski definition) is 2. The van der Waals surface area contributed by atoms with Crippen LogP contribution < -0.4 is 0 Å². The molecule has 15 heavy (non-hydrogen) atoms. The fourth-order valence-corrected chi connectivity index (χ4v) is 1.84. The van der Waals surface area contributed by atoms with Crippen molar-refractivity contribution in [1.29, 1.82) is 0 Å². The van der Waals surface area contributed by atoms with E-state index in [1.165, 1.54) is 0 Å². The number of carboxylic acids is 1. The van der Waals surface area contributed by atoms with Crippen LogP contribution in [0.25, 0.3) is 0 Å². The fourth-order valence-electron chi connectivity index (χ4n) is 1.84. The van der Waals surface area contributed by atoms with Crippen molar-refractivity contribution in [3.05, 3.63) is 29.8 Å². The number of carbonyl (C=O) groups is 1. The van der Waals surface area contributed by atoms with Gasteiger partial charge in [0, 0.05) is 12.1 Å². The van der Waals surface area contributed by atoms with Crippen LogP contribution in [0, 0.1) is 5.92 Å². The van der Waals surface area contributed by atoms with E-state index in [2.05, 4.69) is 4.99 Å². The first kappa shape index (κ1) is 9.90. The summed E-state index contributed by atoms with van der Waals surface area (Å²) in [7, 11) is 0. The van der Waals surface area contributed by atoms with Gasteiger partial charge < -0.3 is 5.11 Å². The average Bonchev–Trinajstić information content (AvgIpc) is 2.62. The number of para-hydroxylation sites is 1. The molecule has 0 aromatic heterocycles. The molecule has 0 bridgehead atoms. The largest absolute Gasteiger partial charge is 0.481 e. The Hall–Kier alpha value is -1.64. The molecule has 0 spiro atoms. The van der Waals surface area contributed by atoms with E-state index in [-0.39, 0.29) is 11.8 Å². The van der Waals surface area contributed by atoms with Gasteiger partial charge in [0.15, 0.2) is 0 Å². The summed E-state index contributed by atoms with van der Waals surface area (Å²) >= 11 is 0. The highest BCUT2D eigenvalue weighted by atomic mass is 16.4. The summed E-state index contributed by atoms with van der Waals surface area (Å²) in [6.07, 6.45) is 2.47. The summed E-state index contributed by atoms with van der Waals surface area (Å²) in [5, 5.41) is 8.85. The number of benzene rings is 1. The van der Waals surface area contributed by atoms with Crippen molar-refractivity contribution in [2.75, 3.05) is 0 Å². The minimum atomic E-state index is -0.743. The first-order chi connectivity index (χ1) is 7.18. The summed E-state index contributed by atoms with van der Waals surface area (Å²) in [5.41, 5.74) is 2.12. The minimum Gasteiger partial charge on any atom is -0.481 e. The molecule has 2 unspecified atom stereocenters. The fraction of sp³-hybridized carbons (Fsp3) is 0.333. The molecular weight excluding hydrogens is 190 g/mol. The molecule has 1 aromatic carbocycles. The molecule has 3 heteroatoms. The van der Waals surface area contributed by atoms with Crippen molar-refractivity contribution in [3.8, 4) is 0 Å². The second-order valence-corrected chi connectivity index (χ2v) is 3.92. The first-order valence-corrected chi connectivity index (χ1v) is 5.04. The summed E-state index contributed by atoms with van der Waals surface area (Å²) in [4.78, 5) is 15.0. The molecular formula is C12H13NO2. The SMILES string of the molecule is CC(CC1C=Nc2ccccc21)C(=O)O. The Morgan fingerprint density at radius 2 is 2.27 bits per heavy atom. The predicted molar refractivity (Wildman–Crippen MR) is 58.8 cm³/mol. The quantitative estimate of drug-likeness (QED) is 0.820. The maximum absolute atomic E-state index is 10.8. The van der Waals surface area contributed by atoms with Gasteiger partial charge in [-0.2, -0.15) is 0 Å². The van der Waals surface area contributed by atoms with Gasteiger partial charge in [-0.05, 0) is 18.1 Å². The monoisotopic (exact) mass is 203 g/mol. The van der Waals surface area contributed by atoms with Crippen molar-refractivity contribution < 1.29 is 9.90 Å². The van der Waals surface area contributed by atoms with Gasteiger partial charge in [0.05, 0.1) is 11.6 Å². The lowest BCUT2D eigenvalue weighted by molar-refractivity contribution is -0.141. The molecule has 1 aliphatic heterocycles. The number of carboxylic acid groups (broad SMARTS) is 1. The van der Waals surface area contributed by atoms with Crippen molar-refractivity contribution in [2.45, 2.75) is 19.3 Å². The zero-order chi connectivity index (χ0) is 10.8. The van der Waals surface area contributed by atoms with Crippen molar-refractivity contribution in [2.24, 2.45) is 10.9 Å². The van der Waals surface area contributed by atoms with Crippen LogP contribution in [0.15, 0.2) is 29.3 Å². The Morgan fingerprint density at radius 1 is 1.53 bits per heavy atom. The molecule has 78 valence electrons.